The summed E-state index contributed by atoms with van der Waals surface area (Å²) < 4.78 is 11.8. The molecule has 2 bridgehead atoms. The highest BCUT2D eigenvalue weighted by atomic mass is 16.5. The van der Waals surface area contributed by atoms with Crippen molar-refractivity contribution in [1.82, 2.24) is 10.6 Å². The number of aliphatic carboxylic acids is 1. The molecular weight excluding hydrogens is 534 g/mol. The molecule has 230 valence electrons. The standard InChI is InChI=1S/C33H47N3O6/c1-32(2)11-7-22(8-12-32)35-30(38)27-19-5-6-20(15-19)28(27)36-29(37)24-17-25(21(18-34)16-26(24)41-4)42-23-9-13-33(3,14-10-23)31(39)40/h16-17,19-20,22-23,27-29,36-37H,5-15H2,1-4H3,(H,35,38)(H,39,40)/t19-,20+,23-,27+,28-,29?,33+/m1/s1. The molecule has 4 N–H and O–H groups in total. The van der Waals surface area contributed by atoms with Crippen molar-refractivity contribution in [3.8, 4) is 17.6 Å². The lowest BCUT2D eigenvalue weighted by molar-refractivity contribution is -0.150. The van der Waals surface area contributed by atoms with Crippen LogP contribution >= 0.6 is 0 Å². The Morgan fingerprint density at radius 3 is 2.29 bits per heavy atom. The molecule has 1 aromatic rings. The molecule has 4 aliphatic carbocycles. The molecule has 0 radical (unpaired) electrons. The summed E-state index contributed by atoms with van der Waals surface area (Å²) in [4.78, 5) is 25.3. The number of carboxylic acid groups (broad SMARTS) is 1. The summed E-state index contributed by atoms with van der Waals surface area (Å²) in [6.07, 6.45) is 8.05. The number of fused-ring (bicyclic) bond motifs is 2. The van der Waals surface area contributed by atoms with Crippen LogP contribution in [-0.4, -0.2) is 47.4 Å². The van der Waals surface area contributed by atoms with Gasteiger partial charge in [0.15, 0.2) is 0 Å². The van der Waals surface area contributed by atoms with Crippen LogP contribution in [0.1, 0.15) is 109 Å². The van der Waals surface area contributed by atoms with Crippen LogP contribution in [0, 0.1) is 39.9 Å². The summed E-state index contributed by atoms with van der Waals surface area (Å²) >= 11 is 0. The molecule has 0 aromatic heterocycles. The highest BCUT2D eigenvalue weighted by Gasteiger charge is 2.51. The third-order valence-corrected chi connectivity index (χ3v) is 10.8. The number of carboxylic acids is 1. The number of nitrogens with one attached hydrogen (secondary N) is 2. The minimum absolute atomic E-state index is 0.0954. The second-order valence-electron chi connectivity index (χ2n) is 14.3. The Labute approximate surface area is 249 Å². The lowest BCUT2D eigenvalue weighted by atomic mass is 9.75. The van der Waals surface area contributed by atoms with Gasteiger partial charge in [0.2, 0.25) is 5.91 Å². The number of rotatable bonds is 9. The van der Waals surface area contributed by atoms with Gasteiger partial charge in [-0.3, -0.25) is 14.9 Å². The number of hydrogen-bond acceptors (Lipinski definition) is 7. The van der Waals surface area contributed by atoms with Crippen LogP contribution in [0.4, 0.5) is 0 Å². The number of methoxy groups -OCH3 is 1. The molecule has 4 fully saturated rings. The lowest BCUT2D eigenvalue weighted by Gasteiger charge is -2.37. The van der Waals surface area contributed by atoms with Crippen LogP contribution in [-0.2, 0) is 9.59 Å². The Morgan fingerprint density at radius 1 is 1.00 bits per heavy atom. The number of ether oxygens (including phenoxy) is 2. The summed E-state index contributed by atoms with van der Waals surface area (Å²) in [5, 5.41) is 37.6. The Bertz CT molecular complexity index is 1210. The van der Waals surface area contributed by atoms with Gasteiger partial charge in [0.05, 0.1) is 30.1 Å². The first-order valence-corrected chi connectivity index (χ1v) is 15.7. The third-order valence-electron chi connectivity index (χ3n) is 10.8. The van der Waals surface area contributed by atoms with Gasteiger partial charge in [-0.15, -0.1) is 0 Å². The molecule has 1 aromatic carbocycles. The number of carbonyl (C=O) groups excluding carboxylic acids is 1. The number of aliphatic hydroxyl groups excluding tert-OH is 1. The number of nitrogens with zero attached hydrogens (tertiary/aromatic N) is 1. The van der Waals surface area contributed by atoms with Gasteiger partial charge in [0, 0.05) is 23.7 Å². The molecule has 0 saturated heterocycles. The van der Waals surface area contributed by atoms with Crippen molar-refractivity contribution < 1.29 is 29.3 Å². The molecule has 9 nitrogen and oxygen atoms in total. The Morgan fingerprint density at radius 2 is 1.67 bits per heavy atom. The zero-order chi connectivity index (χ0) is 30.2. The fourth-order valence-electron chi connectivity index (χ4n) is 7.91. The summed E-state index contributed by atoms with van der Waals surface area (Å²) in [6, 6.07) is 5.46. The maximum atomic E-state index is 13.6. The van der Waals surface area contributed by atoms with Crippen LogP contribution in [0.25, 0.3) is 0 Å². The summed E-state index contributed by atoms with van der Waals surface area (Å²) in [5.74, 6) is 0.448. The van der Waals surface area contributed by atoms with Crippen molar-refractivity contribution in [2.24, 2.45) is 28.6 Å². The smallest absolute Gasteiger partial charge is 0.309 e. The van der Waals surface area contributed by atoms with E-state index in [2.05, 4.69) is 30.6 Å². The zero-order valence-corrected chi connectivity index (χ0v) is 25.4. The summed E-state index contributed by atoms with van der Waals surface area (Å²) in [5.41, 5.74) is 0.317. The number of amides is 1. The second kappa shape index (κ2) is 12.0. The van der Waals surface area contributed by atoms with E-state index in [0.717, 1.165) is 44.9 Å². The predicted molar refractivity (Wildman–Crippen MR) is 157 cm³/mol. The average molecular weight is 582 g/mol. The normalized spacial score (nSPS) is 33.0. The highest BCUT2D eigenvalue weighted by molar-refractivity contribution is 5.80. The SMILES string of the molecule is COc1cc(C#N)c(O[C@H]2CC[C@@](C)(C(=O)O)CC2)cc1C(O)N[C@@H]1[C@H]2CC[C@H](C2)[C@@H]1C(=O)NC1CCC(C)(C)CC1. The van der Waals surface area contributed by atoms with Gasteiger partial charge in [0.1, 0.15) is 23.8 Å². The number of carbonyl (C=O) groups is 2. The third kappa shape index (κ3) is 6.26. The molecule has 0 spiro atoms. The average Bonchev–Trinajstić information content (AvgIpc) is 3.57. The first-order chi connectivity index (χ1) is 19.9. The number of aliphatic hydroxyl groups is 1. The molecule has 0 heterocycles. The molecule has 5 atom stereocenters. The monoisotopic (exact) mass is 581 g/mol. The minimum atomic E-state index is -1.12. The lowest BCUT2D eigenvalue weighted by Crippen LogP contribution is -2.51. The Kier molecular flexibility index (Phi) is 8.78. The molecule has 5 rings (SSSR count). The molecular formula is C33H47N3O6. The van der Waals surface area contributed by atoms with Crippen molar-refractivity contribution in [3.63, 3.8) is 0 Å². The highest BCUT2D eigenvalue weighted by Crippen LogP contribution is 2.50. The van der Waals surface area contributed by atoms with Crippen molar-refractivity contribution in [2.45, 2.75) is 116 Å². The van der Waals surface area contributed by atoms with Gasteiger partial charge in [-0.2, -0.15) is 5.26 Å². The van der Waals surface area contributed by atoms with E-state index in [1.807, 2.05) is 0 Å². The fourth-order valence-corrected chi connectivity index (χ4v) is 7.91. The topological polar surface area (TPSA) is 141 Å². The molecule has 9 heteroatoms. The number of nitriles is 1. The maximum absolute atomic E-state index is 13.6. The van der Waals surface area contributed by atoms with Crippen LogP contribution in [0.15, 0.2) is 12.1 Å². The summed E-state index contributed by atoms with van der Waals surface area (Å²) in [7, 11) is 1.50. The van der Waals surface area contributed by atoms with E-state index in [-0.39, 0.29) is 30.0 Å². The molecule has 1 unspecified atom stereocenters. The molecule has 0 aliphatic heterocycles. The van der Waals surface area contributed by atoms with Gasteiger partial charge in [-0.05, 0) is 101 Å². The van der Waals surface area contributed by atoms with E-state index in [4.69, 9.17) is 9.47 Å². The minimum Gasteiger partial charge on any atom is -0.496 e. The predicted octanol–water partition coefficient (Wildman–Crippen LogP) is 5.06. The Balaban J connectivity index is 1.30. The quantitative estimate of drug-likeness (QED) is 0.297. The van der Waals surface area contributed by atoms with E-state index in [9.17, 15) is 25.1 Å². The summed E-state index contributed by atoms with van der Waals surface area (Å²) in [6.45, 7) is 6.35. The van der Waals surface area contributed by atoms with Gasteiger partial charge in [0.25, 0.3) is 0 Å². The van der Waals surface area contributed by atoms with E-state index in [0.29, 0.717) is 65.6 Å². The Hall–Kier alpha value is -2.83. The number of hydrogen-bond donors (Lipinski definition) is 4. The molecule has 1 amide bonds. The number of benzene rings is 1. The van der Waals surface area contributed by atoms with E-state index >= 15 is 0 Å². The van der Waals surface area contributed by atoms with Crippen molar-refractivity contribution >= 4 is 11.9 Å². The van der Waals surface area contributed by atoms with E-state index in [1.54, 1.807) is 19.1 Å². The van der Waals surface area contributed by atoms with Gasteiger partial charge < -0.3 is 25.0 Å². The van der Waals surface area contributed by atoms with Crippen molar-refractivity contribution in [1.29, 1.82) is 5.26 Å². The van der Waals surface area contributed by atoms with Crippen LogP contribution in [0.2, 0.25) is 0 Å². The van der Waals surface area contributed by atoms with Gasteiger partial charge >= 0.3 is 5.97 Å². The van der Waals surface area contributed by atoms with Gasteiger partial charge in [-0.1, -0.05) is 13.8 Å². The first kappa shape index (κ1) is 30.6. The van der Waals surface area contributed by atoms with Crippen molar-refractivity contribution in [3.05, 3.63) is 23.3 Å². The van der Waals surface area contributed by atoms with Crippen molar-refractivity contribution in [2.75, 3.05) is 7.11 Å². The first-order valence-electron chi connectivity index (χ1n) is 15.7. The molecule has 4 saturated carbocycles. The second-order valence-corrected chi connectivity index (χ2v) is 14.3. The maximum Gasteiger partial charge on any atom is 0.309 e. The fraction of sp³-hybridized carbons (Fsp3) is 0.727. The van der Waals surface area contributed by atoms with E-state index < -0.39 is 17.6 Å². The molecule has 4 aliphatic rings. The van der Waals surface area contributed by atoms with Gasteiger partial charge in [-0.25, -0.2) is 0 Å². The van der Waals surface area contributed by atoms with Crippen LogP contribution in [0.3, 0.4) is 0 Å². The van der Waals surface area contributed by atoms with Crippen LogP contribution in [0.5, 0.6) is 11.5 Å². The molecule has 42 heavy (non-hydrogen) atoms. The van der Waals surface area contributed by atoms with Crippen LogP contribution < -0.4 is 20.1 Å². The largest absolute Gasteiger partial charge is 0.496 e. The van der Waals surface area contributed by atoms with E-state index in [1.165, 1.54) is 7.11 Å². The zero-order valence-electron chi connectivity index (χ0n) is 25.4.